The molecule has 0 aliphatic heterocycles. The van der Waals surface area contributed by atoms with Gasteiger partial charge in [0.15, 0.2) is 23.1 Å². The Morgan fingerprint density at radius 3 is 2.40 bits per heavy atom. The van der Waals surface area contributed by atoms with Crippen LogP contribution in [0.25, 0.3) is 11.3 Å². The molecule has 0 spiro atoms. The number of anilines is 1. The van der Waals surface area contributed by atoms with Crippen LogP contribution in [0, 0.1) is 0 Å². The molecule has 0 aliphatic carbocycles. The van der Waals surface area contributed by atoms with Crippen molar-refractivity contribution in [1.82, 2.24) is 5.16 Å². The van der Waals surface area contributed by atoms with Crippen molar-refractivity contribution in [2.75, 3.05) is 20.0 Å². The third-order valence-electron chi connectivity index (χ3n) is 3.02. The molecule has 2 N–H and O–H groups in total. The second kappa shape index (κ2) is 5.63. The molecule has 1 aromatic carbocycles. The maximum absolute atomic E-state index is 6.45. The van der Waals surface area contributed by atoms with Crippen molar-refractivity contribution in [3.8, 4) is 22.8 Å². The summed E-state index contributed by atoms with van der Waals surface area (Å²) in [4.78, 5) is 0. The molecule has 0 saturated heterocycles. The van der Waals surface area contributed by atoms with Crippen LogP contribution in [0.15, 0.2) is 16.7 Å². The molecular weight excluding hydrogens is 280 g/mol. The number of methoxy groups -OCH3 is 2. The molecule has 0 atom stereocenters. The summed E-state index contributed by atoms with van der Waals surface area (Å²) in [6, 6.07) is 3.48. The van der Waals surface area contributed by atoms with Crippen molar-refractivity contribution in [3.05, 3.63) is 22.7 Å². The molecule has 0 bridgehead atoms. The van der Waals surface area contributed by atoms with Crippen molar-refractivity contribution in [2.24, 2.45) is 0 Å². The lowest BCUT2D eigenvalue weighted by Crippen LogP contribution is -1.99. The minimum atomic E-state index is 0.170. The SMILES string of the molecule is COc1cc(-c2cc(N)no2)c(C(C)C)c(Cl)c1OC. The lowest BCUT2D eigenvalue weighted by molar-refractivity contribution is 0.354. The van der Waals surface area contributed by atoms with Gasteiger partial charge in [-0.05, 0) is 17.5 Å². The largest absolute Gasteiger partial charge is 0.493 e. The number of nitrogen functional groups attached to an aromatic ring is 1. The molecule has 0 aliphatic rings. The first-order valence-corrected chi connectivity index (χ1v) is 6.54. The summed E-state index contributed by atoms with van der Waals surface area (Å²) in [6.07, 6.45) is 0. The molecule has 0 saturated carbocycles. The number of rotatable bonds is 4. The topological polar surface area (TPSA) is 70.5 Å². The van der Waals surface area contributed by atoms with Crippen LogP contribution in [-0.4, -0.2) is 19.4 Å². The first-order valence-electron chi connectivity index (χ1n) is 6.16. The van der Waals surface area contributed by atoms with Gasteiger partial charge in [0.2, 0.25) is 0 Å². The molecule has 1 heterocycles. The molecular formula is C14H17ClN2O3. The van der Waals surface area contributed by atoms with Gasteiger partial charge in [-0.1, -0.05) is 30.6 Å². The minimum absolute atomic E-state index is 0.170. The Morgan fingerprint density at radius 2 is 1.95 bits per heavy atom. The van der Waals surface area contributed by atoms with Crippen LogP contribution in [0.3, 0.4) is 0 Å². The van der Waals surface area contributed by atoms with E-state index in [1.54, 1.807) is 20.3 Å². The quantitative estimate of drug-likeness (QED) is 0.931. The highest BCUT2D eigenvalue weighted by Crippen LogP contribution is 2.46. The van der Waals surface area contributed by atoms with Crippen molar-refractivity contribution in [1.29, 1.82) is 0 Å². The second-order valence-electron chi connectivity index (χ2n) is 4.66. The van der Waals surface area contributed by atoms with Crippen LogP contribution in [0.4, 0.5) is 5.82 Å². The Hall–Kier alpha value is -1.88. The molecule has 108 valence electrons. The molecule has 2 aromatic rings. The number of nitrogens with two attached hydrogens (primary N) is 1. The van der Waals surface area contributed by atoms with E-state index in [1.165, 1.54) is 0 Å². The van der Waals surface area contributed by atoms with E-state index in [2.05, 4.69) is 5.16 Å². The molecule has 2 rings (SSSR count). The average molecular weight is 297 g/mol. The van der Waals surface area contributed by atoms with Crippen molar-refractivity contribution in [2.45, 2.75) is 19.8 Å². The van der Waals surface area contributed by atoms with E-state index in [0.29, 0.717) is 28.1 Å². The number of benzene rings is 1. The highest BCUT2D eigenvalue weighted by Gasteiger charge is 2.23. The zero-order valence-electron chi connectivity index (χ0n) is 11.9. The Balaban J connectivity index is 2.75. The minimum Gasteiger partial charge on any atom is -0.493 e. The summed E-state index contributed by atoms with van der Waals surface area (Å²) >= 11 is 6.45. The Bertz CT molecular complexity index is 623. The van der Waals surface area contributed by atoms with Gasteiger partial charge in [-0.2, -0.15) is 0 Å². The number of ether oxygens (including phenoxy) is 2. The van der Waals surface area contributed by atoms with Crippen LogP contribution >= 0.6 is 11.6 Å². The Morgan fingerprint density at radius 1 is 1.25 bits per heavy atom. The number of hydrogen-bond donors (Lipinski definition) is 1. The van der Waals surface area contributed by atoms with Gasteiger partial charge >= 0.3 is 0 Å². The molecule has 1 aromatic heterocycles. The molecule has 0 radical (unpaired) electrons. The fourth-order valence-corrected chi connectivity index (χ4v) is 2.64. The van der Waals surface area contributed by atoms with Crippen LogP contribution in [-0.2, 0) is 0 Å². The molecule has 6 heteroatoms. The van der Waals surface area contributed by atoms with Gasteiger partial charge in [0.05, 0.1) is 19.2 Å². The number of halogens is 1. The van der Waals surface area contributed by atoms with Crippen molar-refractivity contribution < 1.29 is 14.0 Å². The van der Waals surface area contributed by atoms with Gasteiger partial charge in [-0.25, -0.2) is 0 Å². The van der Waals surface area contributed by atoms with Crippen LogP contribution in [0.2, 0.25) is 5.02 Å². The van der Waals surface area contributed by atoms with Gasteiger partial charge in [0.1, 0.15) is 0 Å². The highest BCUT2D eigenvalue weighted by atomic mass is 35.5. The summed E-state index contributed by atoms with van der Waals surface area (Å²) < 4.78 is 15.9. The van der Waals surface area contributed by atoms with Crippen LogP contribution < -0.4 is 15.2 Å². The van der Waals surface area contributed by atoms with Crippen LogP contribution in [0.1, 0.15) is 25.3 Å². The van der Waals surface area contributed by atoms with Gasteiger partial charge in [0, 0.05) is 11.6 Å². The van der Waals surface area contributed by atoms with Crippen molar-refractivity contribution in [3.63, 3.8) is 0 Å². The smallest absolute Gasteiger partial charge is 0.179 e. The van der Waals surface area contributed by atoms with Gasteiger partial charge in [0.25, 0.3) is 0 Å². The average Bonchev–Trinajstić information content (AvgIpc) is 2.83. The zero-order valence-corrected chi connectivity index (χ0v) is 12.6. The number of aromatic nitrogens is 1. The first-order chi connectivity index (χ1) is 9.49. The molecule has 0 fully saturated rings. The Kier molecular flexibility index (Phi) is 4.09. The lowest BCUT2D eigenvalue weighted by atomic mass is 9.94. The normalized spacial score (nSPS) is 10.9. The maximum Gasteiger partial charge on any atom is 0.179 e. The van der Waals surface area contributed by atoms with Gasteiger partial charge < -0.3 is 19.7 Å². The summed E-state index contributed by atoms with van der Waals surface area (Å²) in [5.74, 6) is 2.08. The lowest BCUT2D eigenvalue weighted by Gasteiger charge is -2.18. The van der Waals surface area contributed by atoms with E-state index in [-0.39, 0.29) is 5.92 Å². The fourth-order valence-electron chi connectivity index (χ4n) is 2.15. The monoisotopic (exact) mass is 296 g/mol. The van der Waals surface area contributed by atoms with E-state index in [9.17, 15) is 0 Å². The van der Waals surface area contributed by atoms with E-state index in [1.807, 2.05) is 19.9 Å². The van der Waals surface area contributed by atoms with Crippen LogP contribution in [0.5, 0.6) is 11.5 Å². The maximum atomic E-state index is 6.45. The summed E-state index contributed by atoms with van der Waals surface area (Å²) in [7, 11) is 3.11. The first kappa shape index (κ1) is 14.5. The van der Waals surface area contributed by atoms with Gasteiger partial charge in [-0.3, -0.25) is 0 Å². The summed E-state index contributed by atoms with van der Waals surface area (Å²) in [5, 5.41) is 4.22. The van der Waals surface area contributed by atoms with E-state index < -0.39 is 0 Å². The Labute approximate surface area is 122 Å². The van der Waals surface area contributed by atoms with Gasteiger partial charge in [-0.15, -0.1) is 0 Å². The number of nitrogens with zero attached hydrogens (tertiary/aromatic N) is 1. The molecule has 20 heavy (non-hydrogen) atoms. The predicted molar refractivity (Wildman–Crippen MR) is 78.6 cm³/mol. The standard InChI is InChI=1S/C14H17ClN2O3/c1-7(2)12-8(9-6-11(16)17-20-9)5-10(18-3)14(19-4)13(12)15/h5-7H,1-4H3,(H2,16,17). The fraction of sp³-hybridized carbons (Fsp3) is 0.357. The molecule has 0 amide bonds. The zero-order chi connectivity index (χ0) is 14.9. The number of hydrogen-bond acceptors (Lipinski definition) is 5. The second-order valence-corrected chi connectivity index (χ2v) is 5.04. The molecule has 5 nitrogen and oxygen atoms in total. The van der Waals surface area contributed by atoms with E-state index in [4.69, 9.17) is 31.3 Å². The summed E-state index contributed by atoms with van der Waals surface area (Å²) in [6.45, 7) is 4.08. The predicted octanol–water partition coefficient (Wildman–Crippen LogP) is 3.72. The van der Waals surface area contributed by atoms with Crippen molar-refractivity contribution >= 4 is 17.4 Å². The third kappa shape index (κ3) is 2.41. The summed E-state index contributed by atoms with van der Waals surface area (Å²) in [5.41, 5.74) is 7.31. The van der Waals surface area contributed by atoms with E-state index >= 15 is 0 Å². The molecule has 0 unspecified atom stereocenters. The third-order valence-corrected chi connectivity index (χ3v) is 3.40. The van der Waals surface area contributed by atoms with E-state index in [0.717, 1.165) is 11.1 Å². The highest BCUT2D eigenvalue weighted by molar-refractivity contribution is 6.33.